The molecule has 2 saturated carbocycles. The number of fused-ring (bicyclic) bond motifs is 1. The van der Waals surface area contributed by atoms with Gasteiger partial charge in [-0.2, -0.15) is 5.26 Å². The number of anilines is 1. The van der Waals surface area contributed by atoms with Crippen LogP contribution in [0.1, 0.15) is 45.4 Å². The fraction of sp³-hybridized carbons (Fsp3) is 0.440. The van der Waals surface area contributed by atoms with Gasteiger partial charge in [-0.3, -0.25) is 4.79 Å². The molecule has 2 heterocycles. The van der Waals surface area contributed by atoms with Gasteiger partial charge in [-0.15, -0.1) is 0 Å². The van der Waals surface area contributed by atoms with E-state index in [1.54, 1.807) is 36.1 Å². The van der Waals surface area contributed by atoms with E-state index < -0.39 is 14.5 Å². The van der Waals surface area contributed by atoms with E-state index in [1.807, 2.05) is 12.1 Å². The van der Waals surface area contributed by atoms with Crippen molar-refractivity contribution in [2.24, 2.45) is 13.0 Å². The Labute approximate surface area is 193 Å². The van der Waals surface area contributed by atoms with Gasteiger partial charge in [0.15, 0.2) is 0 Å². The fourth-order valence-corrected chi connectivity index (χ4v) is 6.76. The number of nitrogens with zero attached hydrogens (tertiary/aromatic N) is 2. The number of nitrogens with one attached hydrogen (secondary N) is 3. The average molecular weight is 464 g/mol. The first-order chi connectivity index (χ1) is 15.8. The minimum Gasteiger partial charge on any atom is -0.382 e. The third-order valence-corrected chi connectivity index (χ3v) is 9.86. The Hall–Kier alpha value is -3.05. The van der Waals surface area contributed by atoms with Crippen LogP contribution in [-0.4, -0.2) is 24.5 Å². The van der Waals surface area contributed by atoms with Crippen LogP contribution in [0, 0.1) is 22.0 Å². The first kappa shape index (κ1) is 21.8. The Balaban J connectivity index is 1.67. The summed E-state index contributed by atoms with van der Waals surface area (Å²) < 4.78 is 22.6. The number of aromatic amines is 1. The lowest BCUT2D eigenvalue weighted by Crippen LogP contribution is -2.26. The first-order valence-electron chi connectivity index (χ1n) is 11.5. The lowest BCUT2D eigenvalue weighted by atomic mass is 9.87. The van der Waals surface area contributed by atoms with E-state index in [0.717, 1.165) is 41.0 Å². The second kappa shape index (κ2) is 7.77. The molecule has 2 aliphatic rings. The highest BCUT2D eigenvalue weighted by molar-refractivity contribution is 7.94. The van der Waals surface area contributed by atoms with Gasteiger partial charge in [0, 0.05) is 52.6 Å². The number of aryl methyl sites for hydroxylation is 1. The van der Waals surface area contributed by atoms with E-state index in [4.69, 9.17) is 4.78 Å². The Morgan fingerprint density at radius 1 is 1.21 bits per heavy atom. The first-order valence-corrected chi connectivity index (χ1v) is 13.1. The molecule has 1 unspecified atom stereocenters. The summed E-state index contributed by atoms with van der Waals surface area (Å²) in [6.45, 7) is 2.29. The van der Waals surface area contributed by atoms with Gasteiger partial charge in [0.25, 0.3) is 5.56 Å². The molecule has 1 atom stereocenters. The third kappa shape index (κ3) is 3.55. The van der Waals surface area contributed by atoms with Crippen molar-refractivity contribution >= 4 is 26.3 Å². The molecule has 0 amide bonds. The van der Waals surface area contributed by atoms with Crippen LogP contribution >= 0.6 is 0 Å². The van der Waals surface area contributed by atoms with Gasteiger partial charge in [-0.05, 0) is 68.7 Å². The fourth-order valence-electron chi connectivity index (χ4n) is 4.96. The lowest BCUT2D eigenvalue weighted by molar-refractivity contribution is 0.361. The van der Waals surface area contributed by atoms with Crippen LogP contribution in [0.15, 0.2) is 46.3 Å². The molecular weight excluding hydrogens is 434 g/mol. The van der Waals surface area contributed by atoms with Gasteiger partial charge in [0.1, 0.15) is 10.3 Å². The van der Waals surface area contributed by atoms with Crippen molar-refractivity contribution in [2.75, 3.05) is 5.32 Å². The molecule has 3 aromatic rings. The number of benzene rings is 1. The molecule has 2 aliphatic carbocycles. The minimum atomic E-state index is -3.29. The van der Waals surface area contributed by atoms with Gasteiger partial charge in [-0.1, -0.05) is 6.92 Å². The van der Waals surface area contributed by atoms with Crippen molar-refractivity contribution in [3.63, 3.8) is 0 Å². The maximum Gasteiger partial charge on any atom is 0.274 e. The van der Waals surface area contributed by atoms with Crippen molar-refractivity contribution in [2.45, 2.75) is 61.1 Å². The summed E-state index contributed by atoms with van der Waals surface area (Å²) in [4.78, 5) is 16.0. The highest BCUT2D eigenvalue weighted by Crippen LogP contribution is 2.48. The molecule has 5 rings (SSSR count). The summed E-state index contributed by atoms with van der Waals surface area (Å²) in [6.07, 6.45) is 9.05. The van der Waals surface area contributed by atoms with Crippen LogP contribution in [-0.2, 0) is 16.8 Å². The predicted octanol–water partition coefficient (Wildman–Crippen LogP) is 4.99. The summed E-state index contributed by atoms with van der Waals surface area (Å²) in [7, 11) is -1.57. The van der Waals surface area contributed by atoms with E-state index in [-0.39, 0.29) is 5.56 Å². The van der Waals surface area contributed by atoms with Crippen molar-refractivity contribution in [1.29, 1.82) is 10.0 Å². The Kier molecular flexibility index (Phi) is 5.13. The van der Waals surface area contributed by atoms with E-state index in [9.17, 15) is 14.3 Å². The van der Waals surface area contributed by atoms with Crippen LogP contribution in [0.5, 0.6) is 0 Å². The van der Waals surface area contributed by atoms with Crippen LogP contribution in [0.2, 0.25) is 0 Å². The van der Waals surface area contributed by atoms with E-state index in [0.29, 0.717) is 29.3 Å². The molecule has 1 aromatic carbocycles. The Morgan fingerprint density at radius 2 is 1.94 bits per heavy atom. The zero-order valence-electron chi connectivity index (χ0n) is 19.0. The van der Waals surface area contributed by atoms with Crippen LogP contribution in [0.4, 0.5) is 5.69 Å². The van der Waals surface area contributed by atoms with Gasteiger partial charge in [0.2, 0.25) is 0 Å². The minimum absolute atomic E-state index is 0.114. The largest absolute Gasteiger partial charge is 0.382 e. The average Bonchev–Trinajstić information content (AvgIpc) is 3.47. The zero-order valence-corrected chi connectivity index (χ0v) is 19.8. The molecular formula is C25H29N5O2S. The number of pyridine rings is 1. The molecule has 0 saturated heterocycles. The Bertz CT molecular complexity index is 1430. The quantitative estimate of drug-likeness (QED) is 0.495. The highest BCUT2D eigenvalue weighted by atomic mass is 32.2. The molecule has 0 bridgehead atoms. The lowest BCUT2D eigenvalue weighted by Gasteiger charge is -2.29. The summed E-state index contributed by atoms with van der Waals surface area (Å²) in [6, 6.07) is 9.80. The molecule has 0 radical (unpaired) electrons. The smallest absolute Gasteiger partial charge is 0.274 e. The number of rotatable bonds is 5. The molecule has 2 fully saturated rings. The predicted molar refractivity (Wildman–Crippen MR) is 131 cm³/mol. The monoisotopic (exact) mass is 463 g/mol. The molecule has 2 aromatic heterocycles. The zero-order chi connectivity index (χ0) is 23.4. The van der Waals surface area contributed by atoms with Crippen molar-refractivity contribution in [3.05, 3.63) is 47.0 Å². The van der Waals surface area contributed by atoms with Crippen LogP contribution < -0.4 is 10.9 Å². The highest BCUT2D eigenvalue weighted by Gasteiger charge is 2.53. The topological polar surface area (TPSA) is 115 Å². The maximum absolute atomic E-state index is 13.5. The standard InChI is InChI=1S/C25H29N5O2S/c1-16-3-5-17(6-4-16)29-22-8-7-18(33(27,32)25(15-26)10-11-25)13-20(22)21-14-30(2)24(31)23-19(21)9-12-28-23/h7-9,12-14,16-17,27-29H,3-6,10-11H2,1-2H3/t16-,17-,33?. The molecule has 172 valence electrons. The van der Waals surface area contributed by atoms with Crippen molar-refractivity contribution in [3.8, 4) is 17.2 Å². The normalized spacial score (nSPS) is 23.5. The maximum atomic E-state index is 13.5. The molecule has 7 nitrogen and oxygen atoms in total. The SMILES string of the molecule is Cn1cc(-c2cc(S(=N)(=O)C3(C#N)CC3)ccc2N[C@H]2CC[C@H](C)CC2)c2cc[nH]c2c1=O. The number of nitriles is 1. The summed E-state index contributed by atoms with van der Waals surface area (Å²) in [5.41, 5.74) is 2.94. The van der Waals surface area contributed by atoms with Gasteiger partial charge in [0.05, 0.1) is 15.8 Å². The summed E-state index contributed by atoms with van der Waals surface area (Å²) >= 11 is 0. The van der Waals surface area contributed by atoms with E-state index in [2.05, 4.69) is 23.3 Å². The molecule has 0 aliphatic heterocycles. The third-order valence-electron chi connectivity index (χ3n) is 7.34. The van der Waals surface area contributed by atoms with Gasteiger partial charge < -0.3 is 14.9 Å². The van der Waals surface area contributed by atoms with Crippen molar-refractivity contribution in [1.82, 2.24) is 9.55 Å². The second-order valence-corrected chi connectivity index (χ2v) is 12.1. The van der Waals surface area contributed by atoms with Gasteiger partial charge in [-0.25, -0.2) is 8.99 Å². The van der Waals surface area contributed by atoms with Crippen LogP contribution in [0.3, 0.4) is 0 Å². The van der Waals surface area contributed by atoms with Crippen molar-refractivity contribution < 1.29 is 4.21 Å². The summed E-state index contributed by atoms with van der Waals surface area (Å²) in [5, 5.41) is 14.1. The molecule has 0 spiro atoms. The molecule has 8 heteroatoms. The number of aromatic nitrogens is 2. The van der Waals surface area contributed by atoms with Gasteiger partial charge >= 0.3 is 0 Å². The molecule has 3 N–H and O–H groups in total. The number of H-pyrrole nitrogens is 1. The number of hydrogen-bond acceptors (Lipinski definition) is 5. The molecule has 33 heavy (non-hydrogen) atoms. The summed E-state index contributed by atoms with van der Waals surface area (Å²) in [5.74, 6) is 0.738. The number of hydrogen-bond donors (Lipinski definition) is 3. The van der Waals surface area contributed by atoms with E-state index >= 15 is 0 Å². The van der Waals surface area contributed by atoms with Crippen LogP contribution in [0.25, 0.3) is 22.0 Å². The second-order valence-electron chi connectivity index (χ2n) is 9.70. The Morgan fingerprint density at radius 3 is 2.61 bits per heavy atom. The van der Waals surface area contributed by atoms with E-state index in [1.165, 1.54) is 12.8 Å².